The molecule has 3 aromatic rings. The molecule has 0 saturated carbocycles. The normalized spacial score (nSPS) is 14.0. The van der Waals surface area contributed by atoms with Crippen molar-refractivity contribution in [3.05, 3.63) is 48.5 Å². The van der Waals surface area contributed by atoms with Gasteiger partial charge in [-0.1, -0.05) is 12.1 Å². The molecule has 1 aliphatic heterocycles. The van der Waals surface area contributed by atoms with Gasteiger partial charge in [0.1, 0.15) is 11.3 Å². The quantitative estimate of drug-likeness (QED) is 0.695. The Morgan fingerprint density at radius 1 is 1.22 bits per heavy atom. The van der Waals surface area contributed by atoms with Crippen LogP contribution in [0.2, 0.25) is 0 Å². The first-order valence-corrected chi connectivity index (χ1v) is 8.77. The third kappa shape index (κ3) is 3.48. The highest BCUT2D eigenvalue weighted by Gasteiger charge is 2.21. The average molecular weight is 365 g/mol. The molecule has 4 rings (SSSR count). The van der Waals surface area contributed by atoms with Gasteiger partial charge in [0.2, 0.25) is 5.91 Å². The molecule has 1 saturated heterocycles. The molecule has 7 heteroatoms. The summed E-state index contributed by atoms with van der Waals surface area (Å²) in [6.45, 7) is 0.601. The Labute approximate surface area is 156 Å². The second-order valence-electron chi connectivity index (χ2n) is 6.35. The van der Waals surface area contributed by atoms with Gasteiger partial charge < -0.3 is 14.1 Å². The van der Waals surface area contributed by atoms with E-state index in [0.717, 1.165) is 18.7 Å². The molecule has 27 heavy (non-hydrogen) atoms. The van der Waals surface area contributed by atoms with Crippen molar-refractivity contribution in [3.8, 4) is 5.75 Å². The van der Waals surface area contributed by atoms with Gasteiger partial charge in [0.25, 0.3) is 5.91 Å². The molecule has 2 amide bonds. The van der Waals surface area contributed by atoms with E-state index in [1.165, 1.54) is 4.90 Å². The highest BCUT2D eigenvalue weighted by Crippen LogP contribution is 2.24. The average Bonchev–Trinajstić information content (AvgIpc) is 3.32. The van der Waals surface area contributed by atoms with Gasteiger partial charge in [-0.2, -0.15) is 4.98 Å². The lowest BCUT2D eigenvalue weighted by molar-refractivity contribution is -0.120. The summed E-state index contributed by atoms with van der Waals surface area (Å²) in [6.07, 6.45) is 1.47. The molecule has 1 aromatic heterocycles. The van der Waals surface area contributed by atoms with Crippen molar-refractivity contribution in [2.24, 2.45) is 0 Å². The highest BCUT2D eigenvalue weighted by atomic mass is 16.5. The first kappa shape index (κ1) is 17.1. The van der Waals surface area contributed by atoms with Crippen molar-refractivity contribution in [2.45, 2.75) is 12.8 Å². The molecule has 0 unspecified atom stereocenters. The van der Waals surface area contributed by atoms with E-state index in [1.54, 1.807) is 30.1 Å². The summed E-state index contributed by atoms with van der Waals surface area (Å²) < 4.78 is 11.2. The summed E-state index contributed by atoms with van der Waals surface area (Å²) in [6, 6.07) is 14.7. The molecule has 0 aliphatic carbocycles. The summed E-state index contributed by atoms with van der Waals surface area (Å²) in [7, 11) is 1.60. The number of oxazole rings is 1. The first-order valence-electron chi connectivity index (χ1n) is 8.77. The fourth-order valence-corrected chi connectivity index (χ4v) is 3.00. The molecule has 1 aliphatic rings. The minimum atomic E-state index is -0.277. The Bertz CT molecular complexity index is 947. The smallest absolute Gasteiger partial charge is 0.305 e. The van der Waals surface area contributed by atoms with E-state index < -0.39 is 0 Å². The van der Waals surface area contributed by atoms with Crippen LogP contribution in [-0.4, -0.2) is 37.0 Å². The van der Waals surface area contributed by atoms with E-state index in [-0.39, 0.29) is 24.4 Å². The SMILES string of the molecule is CN(C(=O)COc1ccc(N2CCCC2=O)cc1)c1nc2ccccc2o1. The molecule has 138 valence electrons. The second-order valence-corrected chi connectivity index (χ2v) is 6.35. The van der Waals surface area contributed by atoms with E-state index in [1.807, 2.05) is 30.3 Å². The molecule has 2 heterocycles. The number of benzene rings is 2. The van der Waals surface area contributed by atoms with Gasteiger partial charge in [0.05, 0.1) is 0 Å². The molecular formula is C20H19N3O4. The Morgan fingerprint density at radius 2 is 2.00 bits per heavy atom. The number of anilines is 2. The van der Waals surface area contributed by atoms with Gasteiger partial charge in [-0.05, 0) is 42.8 Å². The van der Waals surface area contributed by atoms with Gasteiger partial charge in [-0.25, -0.2) is 0 Å². The number of aromatic nitrogens is 1. The summed E-state index contributed by atoms with van der Waals surface area (Å²) in [4.78, 5) is 31.5. The predicted octanol–water partition coefficient (Wildman–Crippen LogP) is 3.00. The van der Waals surface area contributed by atoms with Crippen molar-refractivity contribution in [1.82, 2.24) is 4.98 Å². The van der Waals surface area contributed by atoms with Crippen molar-refractivity contribution >= 4 is 34.6 Å². The van der Waals surface area contributed by atoms with Crippen molar-refractivity contribution in [1.29, 1.82) is 0 Å². The van der Waals surface area contributed by atoms with Crippen LogP contribution in [0, 0.1) is 0 Å². The van der Waals surface area contributed by atoms with E-state index in [2.05, 4.69) is 4.98 Å². The van der Waals surface area contributed by atoms with Crippen LogP contribution in [0.1, 0.15) is 12.8 Å². The Morgan fingerprint density at radius 3 is 2.70 bits per heavy atom. The lowest BCUT2D eigenvalue weighted by atomic mass is 10.3. The third-order valence-electron chi connectivity index (χ3n) is 4.53. The Kier molecular flexibility index (Phi) is 4.50. The van der Waals surface area contributed by atoms with E-state index in [0.29, 0.717) is 23.3 Å². The largest absolute Gasteiger partial charge is 0.484 e. The summed E-state index contributed by atoms with van der Waals surface area (Å²) in [5.74, 6) is 0.420. The van der Waals surface area contributed by atoms with Gasteiger partial charge in [0.15, 0.2) is 12.2 Å². The maximum atomic E-state index is 12.4. The van der Waals surface area contributed by atoms with E-state index in [9.17, 15) is 9.59 Å². The second kappa shape index (κ2) is 7.11. The van der Waals surface area contributed by atoms with Crippen LogP contribution in [0.5, 0.6) is 5.75 Å². The Balaban J connectivity index is 1.37. The molecule has 0 radical (unpaired) electrons. The zero-order valence-electron chi connectivity index (χ0n) is 14.9. The maximum Gasteiger partial charge on any atom is 0.305 e. The number of hydrogen-bond acceptors (Lipinski definition) is 5. The first-order chi connectivity index (χ1) is 13.1. The van der Waals surface area contributed by atoms with Crippen LogP contribution < -0.4 is 14.5 Å². The number of carbonyl (C=O) groups is 2. The maximum absolute atomic E-state index is 12.4. The fourth-order valence-electron chi connectivity index (χ4n) is 3.00. The number of carbonyl (C=O) groups excluding carboxylic acids is 2. The Hall–Kier alpha value is -3.35. The third-order valence-corrected chi connectivity index (χ3v) is 4.53. The lowest BCUT2D eigenvalue weighted by Gasteiger charge is -2.16. The molecular weight excluding hydrogens is 346 g/mol. The number of para-hydroxylation sites is 2. The van der Waals surface area contributed by atoms with Crippen LogP contribution >= 0.6 is 0 Å². The standard InChI is InChI=1S/C20H19N3O4/c1-22(20-21-16-5-2-3-6-17(16)27-20)19(25)13-26-15-10-8-14(9-11-15)23-12-4-7-18(23)24/h2-3,5-6,8-11H,4,7,12-13H2,1H3. The summed E-state index contributed by atoms with van der Waals surface area (Å²) in [5.41, 5.74) is 2.17. The number of rotatable bonds is 5. The monoisotopic (exact) mass is 365 g/mol. The van der Waals surface area contributed by atoms with Crippen LogP contribution in [0.3, 0.4) is 0 Å². The molecule has 0 bridgehead atoms. The van der Waals surface area contributed by atoms with Crippen LogP contribution in [0.25, 0.3) is 11.1 Å². The van der Waals surface area contributed by atoms with Gasteiger partial charge >= 0.3 is 6.01 Å². The number of amides is 2. The topological polar surface area (TPSA) is 75.9 Å². The number of fused-ring (bicyclic) bond motifs is 1. The van der Waals surface area contributed by atoms with E-state index in [4.69, 9.17) is 9.15 Å². The molecule has 0 N–H and O–H groups in total. The molecule has 1 fully saturated rings. The van der Waals surface area contributed by atoms with E-state index >= 15 is 0 Å². The van der Waals surface area contributed by atoms with Crippen LogP contribution in [0.15, 0.2) is 52.9 Å². The molecule has 7 nitrogen and oxygen atoms in total. The predicted molar refractivity (Wildman–Crippen MR) is 101 cm³/mol. The summed E-state index contributed by atoms with van der Waals surface area (Å²) >= 11 is 0. The molecule has 0 atom stereocenters. The number of hydrogen-bond donors (Lipinski definition) is 0. The van der Waals surface area contributed by atoms with Crippen LogP contribution in [-0.2, 0) is 9.59 Å². The van der Waals surface area contributed by atoms with Gasteiger partial charge in [0, 0.05) is 25.7 Å². The van der Waals surface area contributed by atoms with Gasteiger partial charge in [-0.3, -0.25) is 14.5 Å². The minimum Gasteiger partial charge on any atom is -0.484 e. The number of ether oxygens (including phenoxy) is 1. The van der Waals surface area contributed by atoms with Crippen LogP contribution in [0.4, 0.5) is 11.7 Å². The van der Waals surface area contributed by atoms with Crippen molar-refractivity contribution < 1.29 is 18.7 Å². The zero-order chi connectivity index (χ0) is 18.8. The fraction of sp³-hybridized carbons (Fsp3) is 0.250. The minimum absolute atomic E-state index is 0.138. The van der Waals surface area contributed by atoms with Gasteiger partial charge in [-0.15, -0.1) is 0 Å². The van der Waals surface area contributed by atoms with Crippen molar-refractivity contribution in [2.75, 3.05) is 30.0 Å². The summed E-state index contributed by atoms with van der Waals surface area (Å²) in [5, 5.41) is 0. The molecule has 2 aromatic carbocycles. The van der Waals surface area contributed by atoms with Crippen molar-refractivity contribution in [3.63, 3.8) is 0 Å². The zero-order valence-corrected chi connectivity index (χ0v) is 14.9. The number of nitrogens with zero attached hydrogens (tertiary/aromatic N) is 3. The highest BCUT2D eigenvalue weighted by molar-refractivity contribution is 5.95. The number of likely N-dealkylation sites (N-methyl/N-ethyl adjacent to an activating group) is 1. The lowest BCUT2D eigenvalue weighted by Crippen LogP contribution is -2.31. The molecule has 0 spiro atoms.